The number of carbonyl (C=O) groups excluding carboxylic acids is 1. The number of benzene rings is 2. The van der Waals surface area contributed by atoms with E-state index in [1.165, 1.54) is 11.5 Å². The third-order valence-electron chi connectivity index (χ3n) is 2.90. The van der Waals surface area contributed by atoms with Crippen LogP contribution in [-0.2, 0) is 0 Å². The Balaban J connectivity index is 1.97. The van der Waals surface area contributed by atoms with E-state index in [0.29, 0.717) is 5.56 Å². The van der Waals surface area contributed by atoms with Gasteiger partial charge in [-0.3, -0.25) is 4.79 Å². The van der Waals surface area contributed by atoms with Gasteiger partial charge in [-0.05, 0) is 41.4 Å². The number of hydrogen-bond acceptors (Lipinski definition) is 3. The summed E-state index contributed by atoms with van der Waals surface area (Å²) in [5.41, 5.74) is 1.60. The molecule has 0 saturated carbocycles. The van der Waals surface area contributed by atoms with Crippen molar-refractivity contribution in [2.45, 2.75) is 6.92 Å². The van der Waals surface area contributed by atoms with Gasteiger partial charge >= 0.3 is 0 Å². The minimum atomic E-state index is -0.0968. The standard InChI is InChI=1S/C15H12N2OS/c1-10-9-14(19-17-10)16-15(18)13-8-4-6-11-5-2-3-7-12(11)13/h2-9H,1H3,(H,16,18). The van der Waals surface area contributed by atoms with Crippen molar-refractivity contribution in [1.29, 1.82) is 0 Å². The van der Waals surface area contributed by atoms with E-state index in [1.54, 1.807) is 0 Å². The van der Waals surface area contributed by atoms with Crippen molar-refractivity contribution in [2.75, 3.05) is 5.32 Å². The van der Waals surface area contributed by atoms with Gasteiger partial charge in [0.25, 0.3) is 5.91 Å². The summed E-state index contributed by atoms with van der Waals surface area (Å²) >= 11 is 1.30. The van der Waals surface area contributed by atoms with Crippen LogP contribution in [0.5, 0.6) is 0 Å². The lowest BCUT2D eigenvalue weighted by Crippen LogP contribution is -2.11. The number of amides is 1. The van der Waals surface area contributed by atoms with Crippen molar-refractivity contribution in [3.05, 3.63) is 59.8 Å². The molecule has 0 unspecified atom stereocenters. The first-order valence-corrected chi connectivity index (χ1v) is 6.74. The highest BCUT2D eigenvalue weighted by molar-refractivity contribution is 7.10. The zero-order valence-electron chi connectivity index (χ0n) is 10.4. The lowest BCUT2D eigenvalue weighted by Gasteiger charge is -2.06. The molecule has 0 spiro atoms. The van der Waals surface area contributed by atoms with Crippen LogP contribution in [0.2, 0.25) is 0 Å². The van der Waals surface area contributed by atoms with Gasteiger partial charge in [0.1, 0.15) is 5.00 Å². The predicted molar refractivity (Wildman–Crippen MR) is 78.8 cm³/mol. The highest BCUT2D eigenvalue weighted by Gasteiger charge is 2.10. The summed E-state index contributed by atoms with van der Waals surface area (Å²) in [5.74, 6) is -0.0968. The number of hydrogen-bond donors (Lipinski definition) is 1. The second kappa shape index (κ2) is 4.82. The summed E-state index contributed by atoms with van der Waals surface area (Å²) in [6, 6.07) is 15.5. The smallest absolute Gasteiger partial charge is 0.256 e. The van der Waals surface area contributed by atoms with Gasteiger partial charge in [0.2, 0.25) is 0 Å². The molecular weight excluding hydrogens is 256 g/mol. The summed E-state index contributed by atoms with van der Waals surface area (Å²) in [6.07, 6.45) is 0. The number of aromatic nitrogens is 1. The molecule has 0 fully saturated rings. The Morgan fingerprint density at radius 3 is 2.74 bits per heavy atom. The molecule has 0 aliphatic rings. The molecule has 3 rings (SSSR count). The Morgan fingerprint density at radius 2 is 1.95 bits per heavy atom. The Morgan fingerprint density at radius 1 is 1.16 bits per heavy atom. The quantitative estimate of drug-likeness (QED) is 0.767. The maximum absolute atomic E-state index is 12.3. The van der Waals surface area contributed by atoms with Gasteiger partial charge in [-0.15, -0.1) is 0 Å². The largest absolute Gasteiger partial charge is 0.312 e. The number of nitrogens with one attached hydrogen (secondary N) is 1. The molecule has 3 nitrogen and oxygen atoms in total. The molecule has 0 saturated heterocycles. The van der Waals surface area contributed by atoms with Crippen LogP contribution >= 0.6 is 11.5 Å². The zero-order chi connectivity index (χ0) is 13.2. The maximum Gasteiger partial charge on any atom is 0.256 e. The topological polar surface area (TPSA) is 42.0 Å². The molecule has 2 aromatic carbocycles. The molecule has 1 heterocycles. The fourth-order valence-electron chi connectivity index (χ4n) is 2.03. The average molecular weight is 268 g/mol. The Kier molecular flexibility index (Phi) is 3.01. The van der Waals surface area contributed by atoms with Gasteiger partial charge in [0.15, 0.2) is 0 Å². The molecule has 1 aromatic heterocycles. The predicted octanol–water partition coefficient (Wildman–Crippen LogP) is 3.86. The summed E-state index contributed by atoms with van der Waals surface area (Å²) in [6.45, 7) is 1.91. The number of fused-ring (bicyclic) bond motifs is 1. The first kappa shape index (κ1) is 11.9. The Bertz CT molecular complexity index is 743. The van der Waals surface area contributed by atoms with Gasteiger partial charge < -0.3 is 5.32 Å². The van der Waals surface area contributed by atoms with Crippen LogP contribution in [0.3, 0.4) is 0 Å². The maximum atomic E-state index is 12.3. The summed E-state index contributed by atoms with van der Waals surface area (Å²) in [4.78, 5) is 12.3. The number of anilines is 1. The first-order chi connectivity index (χ1) is 9.24. The molecule has 0 aliphatic carbocycles. The minimum absolute atomic E-state index is 0.0968. The summed E-state index contributed by atoms with van der Waals surface area (Å²) in [7, 11) is 0. The van der Waals surface area contributed by atoms with Crippen LogP contribution in [0, 0.1) is 6.92 Å². The normalized spacial score (nSPS) is 10.6. The SMILES string of the molecule is Cc1cc(NC(=O)c2cccc3ccccc23)sn1. The van der Waals surface area contributed by atoms with E-state index in [0.717, 1.165) is 21.5 Å². The van der Waals surface area contributed by atoms with E-state index in [-0.39, 0.29) is 5.91 Å². The first-order valence-electron chi connectivity index (χ1n) is 5.96. The number of rotatable bonds is 2. The number of nitrogens with zero attached hydrogens (tertiary/aromatic N) is 1. The van der Waals surface area contributed by atoms with E-state index >= 15 is 0 Å². The highest BCUT2D eigenvalue weighted by Crippen LogP contribution is 2.21. The lowest BCUT2D eigenvalue weighted by atomic mass is 10.0. The minimum Gasteiger partial charge on any atom is -0.312 e. The molecule has 19 heavy (non-hydrogen) atoms. The molecule has 1 amide bonds. The van der Waals surface area contributed by atoms with Gasteiger partial charge in [-0.2, -0.15) is 4.37 Å². The van der Waals surface area contributed by atoms with Crippen molar-refractivity contribution in [3.8, 4) is 0 Å². The molecule has 3 aromatic rings. The van der Waals surface area contributed by atoms with Gasteiger partial charge in [0, 0.05) is 5.56 Å². The highest BCUT2D eigenvalue weighted by atomic mass is 32.1. The molecule has 0 atom stereocenters. The number of aryl methyl sites for hydroxylation is 1. The average Bonchev–Trinajstić information content (AvgIpc) is 2.83. The lowest BCUT2D eigenvalue weighted by molar-refractivity contribution is 0.102. The molecule has 4 heteroatoms. The van der Waals surface area contributed by atoms with E-state index in [1.807, 2.05) is 55.5 Å². The molecular formula is C15H12N2OS. The van der Waals surface area contributed by atoms with Gasteiger partial charge in [-0.1, -0.05) is 36.4 Å². The van der Waals surface area contributed by atoms with Crippen LogP contribution in [-0.4, -0.2) is 10.3 Å². The molecule has 1 N–H and O–H groups in total. The zero-order valence-corrected chi connectivity index (χ0v) is 11.2. The fraction of sp³-hybridized carbons (Fsp3) is 0.0667. The van der Waals surface area contributed by atoms with Crippen molar-refractivity contribution >= 4 is 33.2 Å². The molecule has 0 aliphatic heterocycles. The summed E-state index contributed by atoms with van der Waals surface area (Å²) in [5, 5.41) is 5.69. The van der Waals surface area contributed by atoms with Gasteiger partial charge in [-0.25, -0.2) is 0 Å². The second-order valence-electron chi connectivity index (χ2n) is 4.31. The third-order valence-corrected chi connectivity index (χ3v) is 3.69. The second-order valence-corrected chi connectivity index (χ2v) is 5.12. The monoisotopic (exact) mass is 268 g/mol. The van der Waals surface area contributed by atoms with E-state index in [4.69, 9.17) is 0 Å². The van der Waals surface area contributed by atoms with Crippen molar-refractivity contribution in [1.82, 2.24) is 4.37 Å². The van der Waals surface area contributed by atoms with Crippen LogP contribution in [0.15, 0.2) is 48.5 Å². The van der Waals surface area contributed by atoms with Crippen LogP contribution in [0.4, 0.5) is 5.00 Å². The van der Waals surface area contributed by atoms with E-state index in [9.17, 15) is 4.79 Å². The van der Waals surface area contributed by atoms with Crippen molar-refractivity contribution in [3.63, 3.8) is 0 Å². The Labute approximate surface area is 115 Å². The van der Waals surface area contributed by atoms with Crippen molar-refractivity contribution < 1.29 is 4.79 Å². The third kappa shape index (κ3) is 2.35. The van der Waals surface area contributed by atoms with Crippen LogP contribution in [0.1, 0.15) is 16.1 Å². The molecule has 0 bridgehead atoms. The van der Waals surface area contributed by atoms with E-state index in [2.05, 4.69) is 9.69 Å². The summed E-state index contributed by atoms with van der Waals surface area (Å²) < 4.78 is 4.15. The molecule has 0 radical (unpaired) electrons. The van der Waals surface area contributed by atoms with E-state index < -0.39 is 0 Å². The van der Waals surface area contributed by atoms with Crippen LogP contribution in [0.25, 0.3) is 10.8 Å². The van der Waals surface area contributed by atoms with Crippen LogP contribution < -0.4 is 5.32 Å². The Hall–Kier alpha value is -2.20. The van der Waals surface area contributed by atoms with Gasteiger partial charge in [0.05, 0.1) is 5.69 Å². The molecule has 94 valence electrons. The number of carbonyl (C=O) groups is 1. The fourth-order valence-corrected chi connectivity index (χ4v) is 2.68. The van der Waals surface area contributed by atoms with Crippen molar-refractivity contribution in [2.24, 2.45) is 0 Å².